The number of benzene rings is 3. The Hall–Kier alpha value is -3.31. The van der Waals surface area contributed by atoms with Crippen molar-refractivity contribution in [2.45, 2.75) is 52.9 Å². The Labute approximate surface area is 186 Å². The Kier molecular flexibility index (Phi) is 7.32. The van der Waals surface area contributed by atoms with Crippen LogP contribution in [0.5, 0.6) is 5.75 Å². The van der Waals surface area contributed by atoms with E-state index in [4.69, 9.17) is 6.42 Å². The fourth-order valence-electron chi connectivity index (χ4n) is 4.19. The molecule has 0 bridgehead atoms. The second kappa shape index (κ2) is 10.1. The Bertz CT molecular complexity index is 1130. The van der Waals surface area contributed by atoms with Crippen molar-refractivity contribution < 1.29 is 9.90 Å². The Balaban J connectivity index is 1.82. The summed E-state index contributed by atoms with van der Waals surface area (Å²) in [5, 5.41) is 9.62. The third kappa shape index (κ3) is 5.86. The molecule has 0 heterocycles. The summed E-state index contributed by atoms with van der Waals surface area (Å²) in [7, 11) is 0. The molecule has 3 aromatic rings. The SMILES string of the molecule is C#CCc1ccc(-c2ccc(CC(C)=O)cc2C)cc1CCCc1ccc(O)cc1C. The molecule has 0 amide bonds. The van der Waals surface area contributed by atoms with Crippen LogP contribution in [-0.2, 0) is 30.5 Å². The van der Waals surface area contributed by atoms with E-state index in [-0.39, 0.29) is 5.78 Å². The molecule has 0 spiro atoms. The fourth-order valence-corrected chi connectivity index (χ4v) is 4.19. The zero-order chi connectivity index (χ0) is 22.4. The van der Waals surface area contributed by atoms with Gasteiger partial charge in [-0.15, -0.1) is 12.3 Å². The number of phenolic OH excluding ortho intramolecular Hbond substituents is 1. The lowest BCUT2D eigenvalue weighted by Crippen LogP contribution is -1.99. The molecule has 2 heteroatoms. The van der Waals surface area contributed by atoms with Gasteiger partial charge in [-0.2, -0.15) is 0 Å². The second-order valence-electron chi connectivity index (χ2n) is 8.36. The predicted octanol–water partition coefficient (Wildman–Crippen LogP) is 6.16. The van der Waals surface area contributed by atoms with Crippen LogP contribution in [0.1, 0.15) is 46.7 Å². The van der Waals surface area contributed by atoms with Gasteiger partial charge in [-0.25, -0.2) is 0 Å². The van der Waals surface area contributed by atoms with E-state index in [0.29, 0.717) is 18.6 Å². The van der Waals surface area contributed by atoms with Crippen LogP contribution in [0.4, 0.5) is 0 Å². The smallest absolute Gasteiger partial charge is 0.134 e. The molecule has 0 fully saturated rings. The minimum atomic E-state index is 0.178. The number of hydrogen-bond donors (Lipinski definition) is 1. The second-order valence-corrected chi connectivity index (χ2v) is 8.36. The van der Waals surface area contributed by atoms with Gasteiger partial charge in [0.25, 0.3) is 0 Å². The zero-order valence-corrected chi connectivity index (χ0v) is 18.7. The van der Waals surface area contributed by atoms with E-state index in [1.165, 1.54) is 33.4 Å². The highest BCUT2D eigenvalue weighted by atomic mass is 16.3. The van der Waals surface area contributed by atoms with Crippen molar-refractivity contribution in [3.63, 3.8) is 0 Å². The van der Waals surface area contributed by atoms with E-state index < -0.39 is 0 Å². The Morgan fingerprint density at radius 2 is 1.65 bits per heavy atom. The van der Waals surface area contributed by atoms with Crippen molar-refractivity contribution >= 4 is 5.78 Å². The summed E-state index contributed by atoms with van der Waals surface area (Å²) >= 11 is 0. The van der Waals surface area contributed by atoms with Gasteiger partial charge in [0.05, 0.1) is 0 Å². The highest BCUT2D eigenvalue weighted by Crippen LogP contribution is 2.28. The van der Waals surface area contributed by atoms with Crippen molar-refractivity contribution in [3.8, 4) is 29.2 Å². The molecule has 0 saturated carbocycles. The predicted molar refractivity (Wildman–Crippen MR) is 128 cm³/mol. The van der Waals surface area contributed by atoms with E-state index in [1.54, 1.807) is 13.0 Å². The Morgan fingerprint density at radius 3 is 2.32 bits per heavy atom. The van der Waals surface area contributed by atoms with Crippen molar-refractivity contribution in [3.05, 3.63) is 88.0 Å². The molecule has 1 N–H and O–H groups in total. The van der Waals surface area contributed by atoms with E-state index in [1.807, 2.05) is 25.1 Å². The number of terminal acetylenes is 1. The quantitative estimate of drug-likeness (QED) is 0.452. The minimum Gasteiger partial charge on any atom is -0.508 e. The van der Waals surface area contributed by atoms with E-state index in [9.17, 15) is 9.90 Å². The van der Waals surface area contributed by atoms with Crippen molar-refractivity contribution in [1.29, 1.82) is 0 Å². The first-order chi connectivity index (χ1) is 14.9. The van der Waals surface area contributed by atoms with Gasteiger partial charge in [-0.1, -0.05) is 42.5 Å². The summed E-state index contributed by atoms with van der Waals surface area (Å²) in [6, 6.07) is 18.4. The highest BCUT2D eigenvalue weighted by Gasteiger charge is 2.09. The summed E-state index contributed by atoms with van der Waals surface area (Å²) < 4.78 is 0. The van der Waals surface area contributed by atoms with Crippen LogP contribution >= 0.6 is 0 Å². The van der Waals surface area contributed by atoms with Gasteiger partial charge in [0, 0.05) is 12.8 Å². The maximum Gasteiger partial charge on any atom is 0.134 e. The molecule has 0 radical (unpaired) electrons. The number of carbonyl (C=O) groups is 1. The van der Waals surface area contributed by atoms with Gasteiger partial charge in [-0.3, -0.25) is 4.79 Å². The van der Waals surface area contributed by atoms with E-state index in [0.717, 1.165) is 30.4 Å². The van der Waals surface area contributed by atoms with Crippen LogP contribution in [0, 0.1) is 26.2 Å². The normalized spacial score (nSPS) is 10.6. The highest BCUT2D eigenvalue weighted by molar-refractivity contribution is 5.79. The first kappa shape index (κ1) is 22.4. The monoisotopic (exact) mass is 410 g/mol. The van der Waals surface area contributed by atoms with Crippen molar-refractivity contribution in [2.75, 3.05) is 0 Å². The lowest BCUT2D eigenvalue weighted by molar-refractivity contribution is -0.116. The van der Waals surface area contributed by atoms with Crippen LogP contribution in [0.25, 0.3) is 11.1 Å². The van der Waals surface area contributed by atoms with Crippen molar-refractivity contribution in [1.82, 2.24) is 0 Å². The average Bonchev–Trinajstić information content (AvgIpc) is 2.71. The van der Waals surface area contributed by atoms with Gasteiger partial charge >= 0.3 is 0 Å². The lowest BCUT2D eigenvalue weighted by atomic mass is 9.91. The van der Waals surface area contributed by atoms with Gasteiger partial charge in [0.2, 0.25) is 0 Å². The molecule has 31 heavy (non-hydrogen) atoms. The maximum absolute atomic E-state index is 11.4. The van der Waals surface area contributed by atoms with Gasteiger partial charge < -0.3 is 5.11 Å². The molecule has 0 aliphatic carbocycles. The topological polar surface area (TPSA) is 37.3 Å². The zero-order valence-electron chi connectivity index (χ0n) is 18.7. The molecular weight excluding hydrogens is 380 g/mol. The maximum atomic E-state index is 11.4. The van der Waals surface area contributed by atoms with Crippen LogP contribution in [0.2, 0.25) is 0 Å². The molecule has 2 nitrogen and oxygen atoms in total. The molecule has 3 rings (SSSR count). The molecule has 0 atom stereocenters. The summed E-state index contributed by atoms with van der Waals surface area (Å²) in [5.41, 5.74) is 9.50. The van der Waals surface area contributed by atoms with Crippen LogP contribution < -0.4 is 0 Å². The molecule has 0 aromatic heterocycles. The number of phenols is 1. The standard InChI is InChI=1S/C29H30O2/c1-5-7-25-11-12-27(29-15-10-23(16-21(29)3)18-22(4)30)19-26(25)9-6-8-24-13-14-28(31)17-20(24)2/h1,10-17,19,31H,6-9,18H2,2-4H3. The molecule has 0 unspecified atom stereocenters. The van der Waals surface area contributed by atoms with Crippen LogP contribution in [0.3, 0.4) is 0 Å². The first-order valence-corrected chi connectivity index (χ1v) is 10.8. The third-order valence-electron chi connectivity index (χ3n) is 5.77. The van der Waals surface area contributed by atoms with Crippen LogP contribution in [-0.4, -0.2) is 10.9 Å². The molecular formula is C29H30O2. The number of aryl methyl sites for hydroxylation is 4. The number of Topliss-reactive ketones (excluding diaryl/α,β-unsaturated/α-hetero) is 1. The van der Waals surface area contributed by atoms with Gasteiger partial charge in [0.1, 0.15) is 11.5 Å². The number of rotatable bonds is 8. The van der Waals surface area contributed by atoms with Crippen molar-refractivity contribution in [2.24, 2.45) is 0 Å². The molecule has 0 aliphatic rings. The van der Waals surface area contributed by atoms with Gasteiger partial charge in [0.15, 0.2) is 0 Å². The number of aromatic hydroxyl groups is 1. The summed E-state index contributed by atoms with van der Waals surface area (Å²) in [4.78, 5) is 11.4. The molecule has 0 saturated heterocycles. The number of hydrogen-bond acceptors (Lipinski definition) is 2. The minimum absolute atomic E-state index is 0.178. The van der Waals surface area contributed by atoms with Gasteiger partial charge in [-0.05, 0) is 96.7 Å². The lowest BCUT2D eigenvalue weighted by Gasteiger charge is -2.14. The van der Waals surface area contributed by atoms with Crippen LogP contribution in [0.15, 0.2) is 54.6 Å². The Morgan fingerprint density at radius 1 is 0.903 bits per heavy atom. The molecule has 3 aromatic carbocycles. The summed E-state index contributed by atoms with van der Waals surface area (Å²) in [6.45, 7) is 5.76. The fraction of sp³-hybridized carbons (Fsp3) is 0.276. The average molecular weight is 411 g/mol. The number of ketones is 1. The summed E-state index contributed by atoms with van der Waals surface area (Å²) in [6.07, 6.45) is 9.65. The first-order valence-electron chi connectivity index (χ1n) is 10.8. The van der Waals surface area contributed by atoms with E-state index >= 15 is 0 Å². The van der Waals surface area contributed by atoms with E-state index in [2.05, 4.69) is 43.2 Å². The molecule has 158 valence electrons. The third-order valence-corrected chi connectivity index (χ3v) is 5.77. The molecule has 0 aliphatic heterocycles. The number of carbonyl (C=O) groups excluding carboxylic acids is 1. The largest absolute Gasteiger partial charge is 0.508 e. The summed E-state index contributed by atoms with van der Waals surface area (Å²) in [5.74, 6) is 3.28.